The quantitative estimate of drug-likeness (QED) is 0.630. The minimum atomic E-state index is -1.16. The average molecular weight is 361 g/mol. The van der Waals surface area contributed by atoms with E-state index in [1.807, 2.05) is 0 Å². The van der Waals surface area contributed by atoms with Crippen molar-refractivity contribution in [2.75, 3.05) is 5.32 Å². The van der Waals surface area contributed by atoms with Crippen LogP contribution in [0.5, 0.6) is 0 Å². The van der Waals surface area contributed by atoms with Crippen molar-refractivity contribution in [2.24, 2.45) is 0 Å². The number of carboxylic acids is 1. The summed E-state index contributed by atoms with van der Waals surface area (Å²) in [5.41, 5.74) is 0.217. The Bertz CT molecular complexity index is 886. The van der Waals surface area contributed by atoms with Crippen LogP contribution >= 0.6 is 23.2 Å². The molecule has 5 nitrogen and oxygen atoms in total. The summed E-state index contributed by atoms with van der Waals surface area (Å²) in [5, 5.41) is 21.2. The first-order chi connectivity index (χ1) is 11.4. The van der Waals surface area contributed by atoms with Gasteiger partial charge < -0.3 is 10.4 Å². The molecule has 0 unspecified atom stereocenters. The van der Waals surface area contributed by atoms with Crippen molar-refractivity contribution in [1.82, 2.24) is 0 Å². The number of hydrogen-bond donors (Lipinski definition) is 2. The van der Waals surface area contributed by atoms with Crippen molar-refractivity contribution in [1.29, 1.82) is 5.26 Å². The van der Waals surface area contributed by atoms with Gasteiger partial charge in [-0.05, 0) is 29.8 Å². The Kier molecular flexibility index (Phi) is 5.59. The molecule has 0 saturated heterocycles. The Hall–Kier alpha value is -2.81. The minimum Gasteiger partial charge on any atom is -0.478 e. The van der Waals surface area contributed by atoms with Gasteiger partial charge in [-0.3, -0.25) is 4.79 Å². The molecule has 0 heterocycles. The van der Waals surface area contributed by atoms with Crippen LogP contribution < -0.4 is 5.32 Å². The molecule has 1 amide bonds. The first-order valence-corrected chi connectivity index (χ1v) is 7.39. The second-order valence-corrected chi connectivity index (χ2v) is 5.40. The van der Waals surface area contributed by atoms with Gasteiger partial charge >= 0.3 is 5.97 Å². The van der Waals surface area contributed by atoms with Gasteiger partial charge in [-0.2, -0.15) is 5.26 Å². The van der Waals surface area contributed by atoms with Crippen LogP contribution in [0, 0.1) is 11.3 Å². The minimum absolute atomic E-state index is 0.0150. The monoisotopic (exact) mass is 360 g/mol. The number of benzene rings is 2. The predicted molar refractivity (Wildman–Crippen MR) is 92.1 cm³/mol. The molecule has 0 aromatic heterocycles. The highest BCUT2D eigenvalue weighted by Gasteiger charge is 2.14. The summed E-state index contributed by atoms with van der Waals surface area (Å²) in [6.45, 7) is 0. The van der Waals surface area contributed by atoms with Gasteiger partial charge in [0.1, 0.15) is 11.6 Å². The molecule has 120 valence electrons. The van der Waals surface area contributed by atoms with Gasteiger partial charge in [0, 0.05) is 0 Å². The Morgan fingerprint density at radius 1 is 1.12 bits per heavy atom. The topological polar surface area (TPSA) is 90.2 Å². The van der Waals surface area contributed by atoms with Crippen molar-refractivity contribution < 1.29 is 14.7 Å². The van der Waals surface area contributed by atoms with Gasteiger partial charge in [0.2, 0.25) is 0 Å². The van der Waals surface area contributed by atoms with Crippen LogP contribution in [0.4, 0.5) is 5.69 Å². The van der Waals surface area contributed by atoms with Gasteiger partial charge in [0.05, 0.1) is 21.3 Å². The van der Waals surface area contributed by atoms with Crippen LogP contribution in [-0.4, -0.2) is 17.0 Å². The van der Waals surface area contributed by atoms with Gasteiger partial charge in [-0.15, -0.1) is 0 Å². The molecule has 0 aliphatic heterocycles. The highest BCUT2D eigenvalue weighted by Crippen LogP contribution is 2.29. The van der Waals surface area contributed by atoms with E-state index in [-0.39, 0.29) is 32.4 Å². The third kappa shape index (κ3) is 3.93. The fraction of sp³-hybridized carbons (Fsp3) is 0. The van der Waals surface area contributed by atoms with Crippen molar-refractivity contribution in [3.63, 3.8) is 0 Å². The predicted octanol–water partition coefficient (Wildman–Crippen LogP) is 4.24. The van der Waals surface area contributed by atoms with Crippen molar-refractivity contribution >= 4 is 46.8 Å². The molecule has 24 heavy (non-hydrogen) atoms. The van der Waals surface area contributed by atoms with Gasteiger partial charge in [-0.25, -0.2) is 4.79 Å². The summed E-state index contributed by atoms with van der Waals surface area (Å²) >= 11 is 11.9. The lowest BCUT2D eigenvalue weighted by Gasteiger charge is -2.08. The SMILES string of the molecule is N#C/C(=C\c1ccccc1C(=O)O)C(=O)Nc1cccc(Cl)c1Cl. The van der Waals surface area contributed by atoms with E-state index in [4.69, 9.17) is 28.3 Å². The highest BCUT2D eigenvalue weighted by atomic mass is 35.5. The van der Waals surface area contributed by atoms with Crippen LogP contribution in [0.2, 0.25) is 10.0 Å². The molecule has 2 rings (SSSR count). The molecule has 0 bridgehead atoms. The molecule has 0 aliphatic carbocycles. The normalized spacial score (nSPS) is 10.8. The van der Waals surface area contributed by atoms with E-state index in [2.05, 4.69) is 5.32 Å². The second kappa shape index (κ2) is 7.64. The fourth-order valence-corrected chi connectivity index (χ4v) is 2.26. The maximum atomic E-state index is 12.2. The first-order valence-electron chi connectivity index (χ1n) is 6.63. The number of carbonyl (C=O) groups excluding carboxylic acids is 1. The number of nitriles is 1. The van der Waals surface area contributed by atoms with E-state index < -0.39 is 11.9 Å². The van der Waals surface area contributed by atoms with Crippen LogP contribution in [0.1, 0.15) is 15.9 Å². The van der Waals surface area contributed by atoms with E-state index in [1.165, 1.54) is 24.3 Å². The van der Waals surface area contributed by atoms with Gasteiger partial charge in [-0.1, -0.05) is 47.5 Å². The van der Waals surface area contributed by atoms with Gasteiger partial charge in [0.25, 0.3) is 5.91 Å². The van der Waals surface area contributed by atoms with Crippen molar-refractivity contribution in [3.05, 3.63) is 69.2 Å². The summed E-state index contributed by atoms with van der Waals surface area (Å²) in [7, 11) is 0. The van der Waals surface area contributed by atoms with E-state index in [1.54, 1.807) is 30.3 Å². The number of hydrogen-bond acceptors (Lipinski definition) is 3. The Morgan fingerprint density at radius 3 is 2.50 bits per heavy atom. The maximum Gasteiger partial charge on any atom is 0.336 e. The molecule has 0 radical (unpaired) electrons. The molecular formula is C17H10Cl2N2O3. The standard InChI is InChI=1S/C17H10Cl2N2O3/c18-13-6-3-7-14(15(13)19)21-16(22)11(9-20)8-10-4-1-2-5-12(10)17(23)24/h1-8H,(H,21,22)(H,23,24)/b11-8+. The third-order valence-corrected chi connectivity index (χ3v) is 3.87. The van der Waals surface area contributed by atoms with Crippen LogP contribution in [0.3, 0.4) is 0 Å². The fourth-order valence-electron chi connectivity index (χ4n) is 1.91. The summed E-state index contributed by atoms with van der Waals surface area (Å²) in [6.07, 6.45) is 1.21. The summed E-state index contributed by atoms with van der Waals surface area (Å²) < 4.78 is 0. The largest absolute Gasteiger partial charge is 0.478 e. The summed E-state index contributed by atoms with van der Waals surface area (Å²) in [6, 6.07) is 12.5. The van der Waals surface area contributed by atoms with E-state index in [0.29, 0.717) is 0 Å². The zero-order valence-corrected chi connectivity index (χ0v) is 13.6. The molecule has 0 aliphatic rings. The number of nitrogens with zero attached hydrogens (tertiary/aromatic N) is 1. The van der Waals surface area contributed by atoms with E-state index in [9.17, 15) is 14.9 Å². The lowest BCUT2D eigenvalue weighted by Crippen LogP contribution is -2.14. The number of halogens is 2. The molecule has 2 aromatic rings. The molecule has 2 N–H and O–H groups in total. The van der Waals surface area contributed by atoms with Crippen LogP contribution in [-0.2, 0) is 4.79 Å². The zero-order chi connectivity index (χ0) is 17.7. The molecule has 7 heteroatoms. The molecule has 0 spiro atoms. The number of carboxylic acid groups (broad SMARTS) is 1. The Labute approximate surface area is 147 Å². The lowest BCUT2D eigenvalue weighted by atomic mass is 10.0. The van der Waals surface area contributed by atoms with Crippen molar-refractivity contribution in [2.45, 2.75) is 0 Å². The number of nitrogens with one attached hydrogen (secondary N) is 1. The van der Waals surface area contributed by atoms with E-state index >= 15 is 0 Å². The lowest BCUT2D eigenvalue weighted by molar-refractivity contribution is -0.112. The van der Waals surface area contributed by atoms with Crippen LogP contribution in [0.25, 0.3) is 6.08 Å². The van der Waals surface area contributed by atoms with E-state index in [0.717, 1.165) is 0 Å². The number of carbonyl (C=O) groups is 2. The average Bonchev–Trinajstić information content (AvgIpc) is 2.56. The number of anilines is 1. The van der Waals surface area contributed by atoms with Crippen LogP contribution in [0.15, 0.2) is 48.0 Å². The molecular weight excluding hydrogens is 351 g/mol. The highest BCUT2D eigenvalue weighted by molar-refractivity contribution is 6.44. The molecule has 0 saturated carbocycles. The number of rotatable bonds is 4. The number of aromatic carboxylic acids is 1. The second-order valence-electron chi connectivity index (χ2n) is 4.62. The van der Waals surface area contributed by atoms with Gasteiger partial charge in [0.15, 0.2) is 0 Å². The van der Waals surface area contributed by atoms with Crippen molar-refractivity contribution in [3.8, 4) is 6.07 Å². The summed E-state index contributed by atoms with van der Waals surface area (Å²) in [5.74, 6) is -1.88. The first kappa shape index (κ1) is 17.5. The molecule has 0 atom stereocenters. The Balaban J connectivity index is 2.35. The summed E-state index contributed by atoms with van der Waals surface area (Å²) in [4.78, 5) is 23.4. The number of amides is 1. The smallest absolute Gasteiger partial charge is 0.336 e. The third-order valence-electron chi connectivity index (χ3n) is 3.06. The maximum absolute atomic E-state index is 12.2. The Morgan fingerprint density at radius 2 is 1.83 bits per heavy atom. The molecule has 2 aromatic carbocycles. The zero-order valence-electron chi connectivity index (χ0n) is 12.1. The molecule has 0 fully saturated rings.